The van der Waals surface area contributed by atoms with Gasteiger partial charge in [-0.1, -0.05) is 24.3 Å². The van der Waals surface area contributed by atoms with Crippen molar-refractivity contribution in [2.75, 3.05) is 16.8 Å². The van der Waals surface area contributed by atoms with E-state index in [-0.39, 0.29) is 5.91 Å². The second-order valence-electron chi connectivity index (χ2n) is 4.69. The van der Waals surface area contributed by atoms with Gasteiger partial charge in [-0.3, -0.25) is 4.79 Å². The molecule has 0 atom stereocenters. The first-order valence-electron chi connectivity index (χ1n) is 6.40. The average Bonchev–Trinajstić information content (AvgIpc) is 2.42. The van der Waals surface area contributed by atoms with E-state index in [2.05, 4.69) is 5.32 Å². The second-order valence-corrected chi connectivity index (χ2v) is 5.71. The first-order chi connectivity index (χ1) is 9.56. The Bertz CT molecular complexity index is 626. The normalized spacial score (nSPS) is 10.3. The lowest BCUT2D eigenvalue weighted by molar-refractivity contribution is -0.113. The van der Waals surface area contributed by atoms with E-state index in [9.17, 15) is 4.79 Å². The lowest BCUT2D eigenvalue weighted by Gasteiger charge is -2.09. The van der Waals surface area contributed by atoms with Crippen LogP contribution in [0.15, 0.2) is 47.4 Å². The largest absolute Gasteiger partial charge is 0.398 e. The summed E-state index contributed by atoms with van der Waals surface area (Å²) in [7, 11) is 0. The van der Waals surface area contributed by atoms with Gasteiger partial charge in [0.25, 0.3) is 0 Å². The smallest absolute Gasteiger partial charge is 0.234 e. The standard InChI is InChI=1S/C16H18N2OS/c1-11-7-8-12(2)14(9-11)18-16(19)10-20-15-6-4-3-5-13(15)17/h3-9H,10,17H2,1-2H3,(H,18,19). The van der Waals surface area contributed by atoms with E-state index in [0.717, 1.165) is 21.7 Å². The number of carbonyl (C=O) groups is 1. The Labute approximate surface area is 123 Å². The number of para-hydroxylation sites is 1. The monoisotopic (exact) mass is 286 g/mol. The maximum absolute atomic E-state index is 12.0. The predicted octanol–water partition coefficient (Wildman–Crippen LogP) is 3.62. The number of amides is 1. The molecule has 0 radical (unpaired) electrons. The summed E-state index contributed by atoms with van der Waals surface area (Å²) in [5, 5.41) is 2.94. The number of nitrogens with two attached hydrogens (primary N) is 1. The van der Waals surface area contributed by atoms with Crippen LogP contribution in [-0.4, -0.2) is 11.7 Å². The lowest BCUT2D eigenvalue weighted by atomic mass is 10.1. The van der Waals surface area contributed by atoms with Gasteiger partial charge in [-0.2, -0.15) is 0 Å². The van der Waals surface area contributed by atoms with Crippen LogP contribution >= 0.6 is 11.8 Å². The Kier molecular flexibility index (Phi) is 4.69. The molecule has 2 aromatic carbocycles. The summed E-state index contributed by atoms with van der Waals surface area (Å²) in [6.07, 6.45) is 0. The fourth-order valence-electron chi connectivity index (χ4n) is 1.81. The Morgan fingerprint density at radius 3 is 2.70 bits per heavy atom. The van der Waals surface area contributed by atoms with Crippen LogP contribution in [0.4, 0.5) is 11.4 Å². The highest BCUT2D eigenvalue weighted by Gasteiger charge is 2.07. The number of benzene rings is 2. The lowest BCUT2D eigenvalue weighted by Crippen LogP contribution is -2.15. The number of aryl methyl sites for hydroxylation is 2. The highest BCUT2D eigenvalue weighted by atomic mass is 32.2. The zero-order valence-electron chi connectivity index (χ0n) is 11.6. The Hall–Kier alpha value is -1.94. The highest BCUT2D eigenvalue weighted by Crippen LogP contribution is 2.24. The van der Waals surface area contributed by atoms with Gasteiger partial charge in [-0.25, -0.2) is 0 Å². The van der Waals surface area contributed by atoms with Crippen LogP contribution in [0.3, 0.4) is 0 Å². The minimum absolute atomic E-state index is 0.0213. The topological polar surface area (TPSA) is 55.1 Å². The summed E-state index contributed by atoms with van der Waals surface area (Å²) in [6, 6.07) is 13.6. The number of nitrogens with one attached hydrogen (secondary N) is 1. The van der Waals surface area contributed by atoms with Crippen molar-refractivity contribution in [2.45, 2.75) is 18.7 Å². The fourth-order valence-corrected chi connectivity index (χ4v) is 2.58. The molecule has 0 aliphatic heterocycles. The molecule has 3 nitrogen and oxygen atoms in total. The summed E-state index contributed by atoms with van der Waals surface area (Å²) in [5.74, 6) is 0.327. The summed E-state index contributed by atoms with van der Waals surface area (Å²) in [4.78, 5) is 12.9. The van der Waals surface area contributed by atoms with Crippen molar-refractivity contribution in [3.63, 3.8) is 0 Å². The number of nitrogen functional groups attached to an aromatic ring is 1. The number of carbonyl (C=O) groups excluding carboxylic acids is 1. The SMILES string of the molecule is Cc1ccc(C)c(NC(=O)CSc2ccccc2N)c1. The molecule has 4 heteroatoms. The van der Waals surface area contributed by atoms with Crippen molar-refractivity contribution in [1.29, 1.82) is 0 Å². The first kappa shape index (κ1) is 14.5. The molecule has 0 heterocycles. The molecule has 0 spiro atoms. The van der Waals surface area contributed by atoms with Gasteiger partial charge in [0.05, 0.1) is 5.75 Å². The van der Waals surface area contributed by atoms with Gasteiger partial charge in [0.2, 0.25) is 5.91 Å². The van der Waals surface area contributed by atoms with Crippen molar-refractivity contribution in [1.82, 2.24) is 0 Å². The van der Waals surface area contributed by atoms with Gasteiger partial charge in [-0.05, 0) is 43.2 Å². The van der Waals surface area contributed by atoms with Crippen molar-refractivity contribution in [3.05, 3.63) is 53.6 Å². The van der Waals surface area contributed by atoms with Gasteiger partial charge >= 0.3 is 0 Å². The first-order valence-corrected chi connectivity index (χ1v) is 7.39. The van der Waals surface area contributed by atoms with Crippen LogP contribution in [0, 0.1) is 13.8 Å². The summed E-state index contributed by atoms with van der Waals surface area (Å²) >= 11 is 1.45. The summed E-state index contributed by atoms with van der Waals surface area (Å²) in [6.45, 7) is 3.99. The molecule has 20 heavy (non-hydrogen) atoms. The molecule has 0 bridgehead atoms. The third-order valence-corrected chi connectivity index (χ3v) is 4.03. The average molecular weight is 286 g/mol. The molecule has 0 saturated heterocycles. The third-order valence-electron chi connectivity index (χ3n) is 2.94. The molecule has 3 N–H and O–H groups in total. The zero-order chi connectivity index (χ0) is 14.5. The third kappa shape index (κ3) is 3.78. The molecular weight excluding hydrogens is 268 g/mol. The Morgan fingerprint density at radius 2 is 1.95 bits per heavy atom. The van der Waals surface area contributed by atoms with Crippen molar-refractivity contribution >= 4 is 29.0 Å². The van der Waals surface area contributed by atoms with E-state index < -0.39 is 0 Å². The van der Waals surface area contributed by atoms with E-state index in [1.54, 1.807) is 0 Å². The maximum Gasteiger partial charge on any atom is 0.234 e. The van der Waals surface area contributed by atoms with Crippen LogP contribution < -0.4 is 11.1 Å². The molecule has 104 valence electrons. The van der Waals surface area contributed by atoms with E-state index >= 15 is 0 Å². The highest BCUT2D eigenvalue weighted by molar-refractivity contribution is 8.00. The van der Waals surface area contributed by atoms with E-state index in [1.165, 1.54) is 11.8 Å². The maximum atomic E-state index is 12.0. The van der Waals surface area contributed by atoms with Gasteiger partial charge in [0.1, 0.15) is 0 Å². The molecule has 1 amide bonds. The minimum Gasteiger partial charge on any atom is -0.398 e. The van der Waals surface area contributed by atoms with E-state index in [0.29, 0.717) is 11.4 Å². The molecular formula is C16H18N2OS. The van der Waals surface area contributed by atoms with Gasteiger partial charge in [-0.15, -0.1) is 11.8 Å². The van der Waals surface area contributed by atoms with Gasteiger partial charge in [0, 0.05) is 16.3 Å². The van der Waals surface area contributed by atoms with Crippen LogP contribution in [0.2, 0.25) is 0 Å². The Balaban J connectivity index is 1.96. The second kappa shape index (κ2) is 6.48. The number of hydrogen-bond donors (Lipinski definition) is 2. The molecule has 0 saturated carbocycles. The van der Waals surface area contributed by atoms with Gasteiger partial charge in [0.15, 0.2) is 0 Å². The van der Waals surface area contributed by atoms with E-state index in [4.69, 9.17) is 5.73 Å². The van der Waals surface area contributed by atoms with Crippen molar-refractivity contribution in [2.24, 2.45) is 0 Å². The van der Waals surface area contributed by atoms with E-state index in [1.807, 2.05) is 56.3 Å². The molecule has 2 rings (SSSR count). The molecule has 2 aromatic rings. The van der Waals surface area contributed by atoms with Crippen LogP contribution in [-0.2, 0) is 4.79 Å². The number of hydrogen-bond acceptors (Lipinski definition) is 3. The fraction of sp³-hybridized carbons (Fsp3) is 0.188. The number of rotatable bonds is 4. The van der Waals surface area contributed by atoms with Crippen LogP contribution in [0.5, 0.6) is 0 Å². The molecule has 0 aromatic heterocycles. The van der Waals surface area contributed by atoms with Crippen LogP contribution in [0.1, 0.15) is 11.1 Å². The predicted molar refractivity (Wildman–Crippen MR) is 86.1 cm³/mol. The van der Waals surface area contributed by atoms with Crippen molar-refractivity contribution in [3.8, 4) is 0 Å². The Morgan fingerprint density at radius 1 is 1.20 bits per heavy atom. The number of thioether (sulfide) groups is 1. The molecule has 0 aliphatic carbocycles. The molecule has 0 unspecified atom stereocenters. The van der Waals surface area contributed by atoms with Gasteiger partial charge < -0.3 is 11.1 Å². The molecule has 0 aliphatic rings. The summed E-state index contributed by atoms with van der Waals surface area (Å²) in [5.41, 5.74) is 9.62. The minimum atomic E-state index is -0.0213. The number of anilines is 2. The zero-order valence-corrected chi connectivity index (χ0v) is 12.5. The quantitative estimate of drug-likeness (QED) is 0.667. The molecule has 0 fully saturated rings. The van der Waals surface area contributed by atoms with Crippen LogP contribution in [0.25, 0.3) is 0 Å². The van der Waals surface area contributed by atoms with Crippen molar-refractivity contribution < 1.29 is 4.79 Å². The summed E-state index contributed by atoms with van der Waals surface area (Å²) < 4.78 is 0.